The SMILES string of the molecule is C=C[C@@]1(C)C=C(C)[C@@H]2[C@H]([C@@H](OCOC)[C@@H]3[C@@H](C)C[C@@H](C)C[C@]32C)[C@H]1C(=O)OC. The molecule has 3 rings (SSSR count). The molecule has 0 aromatic rings. The van der Waals surface area contributed by atoms with Gasteiger partial charge in [-0.15, -0.1) is 6.58 Å². The van der Waals surface area contributed by atoms with E-state index in [1.165, 1.54) is 25.5 Å². The molecule has 0 N–H and O–H groups in total. The monoisotopic (exact) mass is 390 g/mol. The highest BCUT2D eigenvalue weighted by molar-refractivity contribution is 5.75. The Hall–Kier alpha value is -1.13. The highest BCUT2D eigenvalue weighted by Crippen LogP contribution is 2.68. The first kappa shape index (κ1) is 21.6. The molecule has 2 fully saturated rings. The summed E-state index contributed by atoms with van der Waals surface area (Å²) in [6.07, 6.45) is 6.53. The summed E-state index contributed by atoms with van der Waals surface area (Å²) < 4.78 is 17.0. The Bertz CT molecular complexity index is 655. The molecule has 0 aliphatic heterocycles. The summed E-state index contributed by atoms with van der Waals surface area (Å²) in [5.41, 5.74) is 1.03. The van der Waals surface area contributed by atoms with Gasteiger partial charge in [-0.05, 0) is 48.9 Å². The van der Waals surface area contributed by atoms with Crippen LogP contribution in [0.15, 0.2) is 24.3 Å². The number of carbonyl (C=O) groups excluding carboxylic acids is 1. The number of ether oxygens (including phenoxy) is 3. The van der Waals surface area contributed by atoms with Crippen molar-refractivity contribution in [3.05, 3.63) is 24.3 Å². The lowest BCUT2D eigenvalue weighted by atomic mass is 9.54. The summed E-state index contributed by atoms with van der Waals surface area (Å²) >= 11 is 0. The first-order valence-corrected chi connectivity index (χ1v) is 10.7. The van der Waals surface area contributed by atoms with Crippen molar-refractivity contribution in [3.8, 4) is 0 Å². The molecule has 3 aliphatic rings. The topological polar surface area (TPSA) is 44.8 Å². The predicted octanol–water partition coefficient (Wildman–Crippen LogP) is 4.85. The maximum Gasteiger partial charge on any atom is 0.310 e. The van der Waals surface area contributed by atoms with Crippen LogP contribution >= 0.6 is 0 Å². The maximum absolute atomic E-state index is 13.1. The smallest absolute Gasteiger partial charge is 0.310 e. The Morgan fingerprint density at radius 3 is 2.57 bits per heavy atom. The zero-order valence-corrected chi connectivity index (χ0v) is 18.7. The molecule has 4 nitrogen and oxygen atoms in total. The minimum atomic E-state index is -0.439. The third-order valence-corrected chi connectivity index (χ3v) is 8.12. The average Bonchev–Trinajstić information content (AvgIpc) is 2.88. The van der Waals surface area contributed by atoms with E-state index in [0.29, 0.717) is 23.7 Å². The highest BCUT2D eigenvalue weighted by Gasteiger charge is 2.67. The zero-order chi connectivity index (χ0) is 20.9. The fraction of sp³-hybridized carbons (Fsp3) is 0.792. The quantitative estimate of drug-likeness (QED) is 0.382. The lowest BCUT2D eigenvalue weighted by molar-refractivity contribution is -0.161. The second-order valence-electron chi connectivity index (χ2n) is 10.1. The largest absolute Gasteiger partial charge is 0.469 e. The summed E-state index contributed by atoms with van der Waals surface area (Å²) in [5.74, 6) is 1.54. The van der Waals surface area contributed by atoms with Gasteiger partial charge in [0.1, 0.15) is 6.79 Å². The highest BCUT2D eigenvalue weighted by atomic mass is 16.7. The molecule has 28 heavy (non-hydrogen) atoms. The van der Waals surface area contributed by atoms with Crippen LogP contribution in [-0.2, 0) is 19.0 Å². The number of fused-ring (bicyclic) bond motifs is 3. The van der Waals surface area contributed by atoms with Crippen molar-refractivity contribution in [1.29, 1.82) is 0 Å². The van der Waals surface area contributed by atoms with Gasteiger partial charge in [-0.3, -0.25) is 4.79 Å². The van der Waals surface area contributed by atoms with E-state index in [1.807, 2.05) is 6.08 Å². The molecule has 0 bridgehead atoms. The average molecular weight is 391 g/mol. The van der Waals surface area contributed by atoms with Crippen LogP contribution in [0, 0.1) is 46.3 Å². The fourth-order valence-corrected chi connectivity index (χ4v) is 7.68. The molecule has 158 valence electrons. The maximum atomic E-state index is 13.1. The minimum absolute atomic E-state index is 0.0236. The van der Waals surface area contributed by atoms with Crippen LogP contribution in [0.3, 0.4) is 0 Å². The van der Waals surface area contributed by atoms with Gasteiger partial charge in [-0.1, -0.05) is 45.4 Å². The molecule has 0 heterocycles. The van der Waals surface area contributed by atoms with Crippen LogP contribution in [0.4, 0.5) is 0 Å². The first-order chi connectivity index (χ1) is 13.1. The summed E-state index contributed by atoms with van der Waals surface area (Å²) in [6.45, 7) is 15.8. The first-order valence-electron chi connectivity index (χ1n) is 10.7. The van der Waals surface area contributed by atoms with Gasteiger partial charge >= 0.3 is 5.97 Å². The molecular weight excluding hydrogens is 352 g/mol. The van der Waals surface area contributed by atoms with Crippen molar-refractivity contribution < 1.29 is 19.0 Å². The number of methoxy groups -OCH3 is 2. The Morgan fingerprint density at radius 1 is 1.32 bits per heavy atom. The van der Waals surface area contributed by atoms with Crippen LogP contribution in [0.1, 0.15) is 47.5 Å². The molecule has 3 aliphatic carbocycles. The normalized spacial score (nSPS) is 47.7. The van der Waals surface area contributed by atoms with E-state index >= 15 is 0 Å². The van der Waals surface area contributed by atoms with E-state index in [0.717, 1.165) is 0 Å². The minimum Gasteiger partial charge on any atom is -0.469 e. The second-order valence-corrected chi connectivity index (χ2v) is 10.1. The van der Waals surface area contributed by atoms with E-state index in [2.05, 4.69) is 47.3 Å². The Kier molecular flexibility index (Phi) is 5.86. The molecule has 0 amide bonds. The summed E-state index contributed by atoms with van der Waals surface area (Å²) in [7, 11) is 3.15. The number of hydrogen-bond donors (Lipinski definition) is 0. The third kappa shape index (κ3) is 3.08. The summed E-state index contributed by atoms with van der Waals surface area (Å²) in [5, 5.41) is 0. The number of carbonyl (C=O) groups is 1. The van der Waals surface area contributed by atoms with Crippen molar-refractivity contribution in [1.82, 2.24) is 0 Å². The van der Waals surface area contributed by atoms with Crippen molar-refractivity contribution in [3.63, 3.8) is 0 Å². The van der Waals surface area contributed by atoms with E-state index in [1.54, 1.807) is 7.11 Å². The van der Waals surface area contributed by atoms with Crippen molar-refractivity contribution in [2.75, 3.05) is 21.0 Å². The Balaban J connectivity index is 2.19. The van der Waals surface area contributed by atoms with Crippen molar-refractivity contribution in [2.45, 2.75) is 53.6 Å². The number of esters is 1. The van der Waals surface area contributed by atoms with Gasteiger partial charge in [-0.25, -0.2) is 0 Å². The van der Waals surface area contributed by atoms with Crippen LogP contribution < -0.4 is 0 Å². The van der Waals surface area contributed by atoms with Gasteiger partial charge in [0.2, 0.25) is 0 Å². The standard InChI is InChI=1S/C24H38O4/c1-9-23(5)12-16(4)18-17(20(23)22(25)27-8)21(28-13-26-7)19-15(3)10-14(2)11-24(18,19)6/h9,12,14-15,17-21H,1,10-11,13H2,2-8H3/t14-,15+,17+,18-,19+,20+,21-,23+,24+/m1/s1. The van der Waals surface area contributed by atoms with Gasteiger partial charge in [0.05, 0.1) is 19.1 Å². The van der Waals surface area contributed by atoms with Gasteiger partial charge in [0, 0.05) is 18.4 Å². The summed E-state index contributed by atoms with van der Waals surface area (Å²) in [6, 6.07) is 0. The lowest BCUT2D eigenvalue weighted by Crippen LogP contribution is -2.47. The van der Waals surface area contributed by atoms with Gasteiger partial charge < -0.3 is 14.2 Å². The molecular formula is C24H38O4. The zero-order valence-electron chi connectivity index (χ0n) is 18.7. The Labute approximate surface area is 170 Å². The fourth-order valence-electron chi connectivity index (χ4n) is 7.68. The lowest BCUT2D eigenvalue weighted by Gasteiger charge is -2.49. The van der Waals surface area contributed by atoms with Crippen LogP contribution in [-0.4, -0.2) is 33.1 Å². The molecule has 0 aromatic carbocycles. The van der Waals surface area contributed by atoms with Gasteiger partial charge in [0.25, 0.3) is 0 Å². The molecule has 0 spiro atoms. The van der Waals surface area contributed by atoms with Gasteiger partial charge in [0.15, 0.2) is 0 Å². The third-order valence-electron chi connectivity index (χ3n) is 8.12. The van der Waals surface area contributed by atoms with Gasteiger partial charge in [-0.2, -0.15) is 0 Å². The molecule has 0 radical (unpaired) electrons. The van der Waals surface area contributed by atoms with Crippen molar-refractivity contribution >= 4 is 5.97 Å². The number of allylic oxidation sites excluding steroid dienone is 3. The van der Waals surface area contributed by atoms with E-state index in [4.69, 9.17) is 14.2 Å². The van der Waals surface area contributed by atoms with Crippen molar-refractivity contribution in [2.24, 2.45) is 46.3 Å². The van der Waals surface area contributed by atoms with E-state index in [9.17, 15) is 4.79 Å². The number of hydrogen-bond acceptors (Lipinski definition) is 4. The molecule has 0 aromatic heterocycles. The molecule has 4 heteroatoms. The van der Waals surface area contributed by atoms with Crippen LogP contribution in [0.25, 0.3) is 0 Å². The van der Waals surface area contributed by atoms with E-state index in [-0.39, 0.29) is 36.1 Å². The Morgan fingerprint density at radius 2 is 2.00 bits per heavy atom. The van der Waals surface area contributed by atoms with Crippen LogP contribution in [0.2, 0.25) is 0 Å². The van der Waals surface area contributed by atoms with Crippen LogP contribution in [0.5, 0.6) is 0 Å². The number of rotatable bonds is 5. The molecule has 0 saturated heterocycles. The van der Waals surface area contributed by atoms with E-state index < -0.39 is 5.41 Å². The molecule has 0 unspecified atom stereocenters. The second kappa shape index (κ2) is 7.60. The summed E-state index contributed by atoms with van der Waals surface area (Å²) in [4.78, 5) is 13.1. The molecule has 2 saturated carbocycles. The predicted molar refractivity (Wildman–Crippen MR) is 110 cm³/mol. The molecule has 9 atom stereocenters.